The van der Waals surface area contributed by atoms with Crippen molar-refractivity contribution in [2.24, 2.45) is 5.73 Å². The second-order valence-corrected chi connectivity index (χ2v) is 4.85. The van der Waals surface area contributed by atoms with E-state index in [0.717, 1.165) is 31.5 Å². The SMILES string of the molecule is CCCCN(CC)C(C(N)=S)c1ccc(O)cc1. The van der Waals surface area contributed by atoms with Crippen LogP contribution in [0.25, 0.3) is 0 Å². The lowest BCUT2D eigenvalue weighted by atomic mass is 10.0. The summed E-state index contributed by atoms with van der Waals surface area (Å²) in [5.41, 5.74) is 6.92. The molecule has 18 heavy (non-hydrogen) atoms. The summed E-state index contributed by atoms with van der Waals surface area (Å²) in [7, 11) is 0. The molecule has 1 rings (SSSR count). The van der Waals surface area contributed by atoms with E-state index >= 15 is 0 Å². The lowest BCUT2D eigenvalue weighted by Gasteiger charge is -2.30. The van der Waals surface area contributed by atoms with Crippen LogP contribution in [0.1, 0.15) is 38.3 Å². The van der Waals surface area contributed by atoms with Gasteiger partial charge in [0.05, 0.1) is 11.0 Å². The summed E-state index contributed by atoms with van der Waals surface area (Å²) in [4.78, 5) is 2.76. The second-order valence-electron chi connectivity index (χ2n) is 4.38. The lowest BCUT2D eigenvalue weighted by molar-refractivity contribution is 0.253. The molecule has 0 aliphatic carbocycles. The molecule has 0 spiro atoms. The largest absolute Gasteiger partial charge is 0.508 e. The third-order valence-electron chi connectivity index (χ3n) is 3.05. The van der Waals surface area contributed by atoms with E-state index in [2.05, 4.69) is 18.7 Å². The molecule has 4 heteroatoms. The quantitative estimate of drug-likeness (QED) is 0.745. The van der Waals surface area contributed by atoms with Gasteiger partial charge in [-0.05, 0) is 37.2 Å². The van der Waals surface area contributed by atoms with Crippen molar-refractivity contribution in [2.45, 2.75) is 32.7 Å². The average molecular weight is 266 g/mol. The van der Waals surface area contributed by atoms with Crippen LogP contribution in [-0.2, 0) is 0 Å². The molecule has 100 valence electrons. The second kappa shape index (κ2) is 7.34. The van der Waals surface area contributed by atoms with Gasteiger partial charge in [0.2, 0.25) is 0 Å². The molecule has 3 N–H and O–H groups in total. The van der Waals surface area contributed by atoms with Crippen LogP contribution in [0.3, 0.4) is 0 Å². The van der Waals surface area contributed by atoms with Gasteiger partial charge in [0.15, 0.2) is 0 Å². The molecule has 3 nitrogen and oxygen atoms in total. The highest BCUT2D eigenvalue weighted by Crippen LogP contribution is 2.23. The van der Waals surface area contributed by atoms with Gasteiger partial charge in [-0.1, -0.05) is 44.6 Å². The number of rotatable bonds is 7. The van der Waals surface area contributed by atoms with E-state index in [9.17, 15) is 5.11 Å². The van der Waals surface area contributed by atoms with E-state index in [0.29, 0.717) is 4.99 Å². The summed E-state index contributed by atoms with van der Waals surface area (Å²) in [6, 6.07) is 7.07. The zero-order valence-electron chi connectivity index (χ0n) is 11.1. The van der Waals surface area contributed by atoms with Crippen molar-refractivity contribution >= 4 is 17.2 Å². The van der Waals surface area contributed by atoms with Gasteiger partial charge in [0, 0.05) is 0 Å². The summed E-state index contributed by atoms with van der Waals surface area (Å²) < 4.78 is 0. The first-order valence-electron chi connectivity index (χ1n) is 6.42. The van der Waals surface area contributed by atoms with E-state index in [-0.39, 0.29) is 11.8 Å². The number of nitrogens with zero attached hydrogens (tertiary/aromatic N) is 1. The van der Waals surface area contributed by atoms with Gasteiger partial charge in [0.25, 0.3) is 0 Å². The Labute approximate surface area is 115 Å². The van der Waals surface area contributed by atoms with Gasteiger partial charge in [-0.2, -0.15) is 0 Å². The third-order valence-corrected chi connectivity index (χ3v) is 3.27. The van der Waals surface area contributed by atoms with E-state index in [1.165, 1.54) is 0 Å². The predicted octanol–water partition coefficient (Wildman–Crippen LogP) is 2.84. The number of hydrogen-bond donors (Lipinski definition) is 2. The number of aromatic hydroxyl groups is 1. The highest BCUT2D eigenvalue weighted by atomic mass is 32.1. The van der Waals surface area contributed by atoms with Crippen molar-refractivity contribution in [1.29, 1.82) is 0 Å². The maximum Gasteiger partial charge on any atom is 0.115 e. The Morgan fingerprint density at radius 2 is 1.94 bits per heavy atom. The monoisotopic (exact) mass is 266 g/mol. The van der Waals surface area contributed by atoms with Crippen LogP contribution in [0, 0.1) is 0 Å². The summed E-state index contributed by atoms with van der Waals surface area (Å²) in [6.45, 7) is 6.17. The van der Waals surface area contributed by atoms with Crippen LogP contribution in [0.4, 0.5) is 0 Å². The molecule has 0 saturated carbocycles. The number of benzene rings is 1. The van der Waals surface area contributed by atoms with Crippen LogP contribution in [0.5, 0.6) is 5.75 Å². The van der Waals surface area contributed by atoms with Gasteiger partial charge in [-0.3, -0.25) is 4.90 Å². The minimum atomic E-state index is -0.0443. The molecule has 0 aromatic heterocycles. The van der Waals surface area contributed by atoms with Crippen molar-refractivity contribution < 1.29 is 5.11 Å². The fourth-order valence-electron chi connectivity index (χ4n) is 2.04. The number of phenolic OH excluding ortho intramolecular Hbond substituents is 1. The highest BCUT2D eigenvalue weighted by molar-refractivity contribution is 7.80. The minimum absolute atomic E-state index is 0.0443. The van der Waals surface area contributed by atoms with Gasteiger partial charge in [-0.25, -0.2) is 0 Å². The standard InChI is InChI=1S/C14H22N2OS/c1-3-5-10-16(4-2)13(14(15)18)11-6-8-12(17)9-7-11/h6-9,13,17H,3-5,10H2,1-2H3,(H2,15,18). The summed E-state index contributed by atoms with van der Waals surface area (Å²) >= 11 is 5.20. The van der Waals surface area contributed by atoms with Crippen molar-refractivity contribution in [1.82, 2.24) is 4.90 Å². The Morgan fingerprint density at radius 3 is 2.39 bits per heavy atom. The fourth-order valence-corrected chi connectivity index (χ4v) is 2.33. The average Bonchev–Trinajstić information content (AvgIpc) is 2.35. The number of nitrogens with two attached hydrogens (primary N) is 1. The molecule has 0 aliphatic heterocycles. The van der Waals surface area contributed by atoms with Crippen LogP contribution in [0.2, 0.25) is 0 Å². The van der Waals surface area contributed by atoms with Crippen molar-refractivity contribution in [2.75, 3.05) is 13.1 Å². The molecular formula is C14H22N2OS. The minimum Gasteiger partial charge on any atom is -0.508 e. The van der Waals surface area contributed by atoms with Gasteiger partial charge in [0.1, 0.15) is 5.75 Å². The smallest absolute Gasteiger partial charge is 0.115 e. The first-order chi connectivity index (χ1) is 8.60. The van der Waals surface area contributed by atoms with Crippen molar-refractivity contribution in [3.8, 4) is 5.75 Å². The summed E-state index contributed by atoms with van der Waals surface area (Å²) in [5, 5.41) is 9.34. The fraction of sp³-hybridized carbons (Fsp3) is 0.500. The molecule has 0 aliphatic rings. The molecule has 0 radical (unpaired) electrons. The molecular weight excluding hydrogens is 244 g/mol. The van der Waals surface area contributed by atoms with Gasteiger partial charge in [-0.15, -0.1) is 0 Å². The van der Waals surface area contributed by atoms with Crippen LogP contribution >= 0.6 is 12.2 Å². The van der Waals surface area contributed by atoms with Crippen LogP contribution in [0.15, 0.2) is 24.3 Å². The molecule has 1 aromatic carbocycles. The van der Waals surface area contributed by atoms with E-state index in [1.807, 2.05) is 12.1 Å². The molecule has 1 atom stereocenters. The molecule has 0 fully saturated rings. The lowest BCUT2D eigenvalue weighted by Crippen LogP contribution is -2.37. The highest BCUT2D eigenvalue weighted by Gasteiger charge is 2.21. The number of likely N-dealkylation sites (N-methyl/N-ethyl adjacent to an activating group) is 1. The zero-order valence-corrected chi connectivity index (χ0v) is 11.9. The topological polar surface area (TPSA) is 49.5 Å². The van der Waals surface area contributed by atoms with E-state index in [4.69, 9.17) is 18.0 Å². The number of thiocarbonyl (C=S) groups is 1. The Morgan fingerprint density at radius 1 is 1.33 bits per heavy atom. The number of hydrogen-bond acceptors (Lipinski definition) is 3. The van der Waals surface area contributed by atoms with E-state index in [1.54, 1.807) is 12.1 Å². The summed E-state index contributed by atoms with van der Waals surface area (Å²) in [5.74, 6) is 0.261. The van der Waals surface area contributed by atoms with Gasteiger partial charge >= 0.3 is 0 Å². The van der Waals surface area contributed by atoms with Crippen LogP contribution < -0.4 is 5.73 Å². The molecule has 1 unspecified atom stereocenters. The first-order valence-corrected chi connectivity index (χ1v) is 6.83. The Bertz CT molecular complexity index is 378. The Balaban J connectivity index is 2.93. The van der Waals surface area contributed by atoms with Crippen molar-refractivity contribution in [3.63, 3.8) is 0 Å². The first kappa shape index (κ1) is 14.9. The normalized spacial score (nSPS) is 12.6. The predicted molar refractivity (Wildman–Crippen MR) is 79.8 cm³/mol. The molecule has 0 heterocycles. The number of phenols is 1. The Hall–Kier alpha value is -1.13. The maximum atomic E-state index is 9.34. The van der Waals surface area contributed by atoms with Crippen LogP contribution in [-0.4, -0.2) is 28.1 Å². The zero-order chi connectivity index (χ0) is 13.5. The Kier molecular flexibility index (Phi) is 6.09. The molecule has 0 saturated heterocycles. The van der Waals surface area contributed by atoms with Crippen molar-refractivity contribution in [3.05, 3.63) is 29.8 Å². The van der Waals surface area contributed by atoms with Gasteiger partial charge < -0.3 is 10.8 Å². The van der Waals surface area contributed by atoms with E-state index < -0.39 is 0 Å². The molecule has 0 bridgehead atoms. The maximum absolute atomic E-state index is 9.34. The molecule has 1 aromatic rings. The molecule has 0 amide bonds. The number of unbranched alkanes of at least 4 members (excludes halogenated alkanes) is 1. The third kappa shape index (κ3) is 3.96. The summed E-state index contributed by atoms with van der Waals surface area (Å²) in [6.07, 6.45) is 2.28.